The Morgan fingerprint density at radius 3 is 2.79 bits per heavy atom. The molecule has 1 aromatic carbocycles. The van der Waals surface area contributed by atoms with Crippen LogP contribution in [0.25, 0.3) is 5.69 Å². The predicted octanol–water partition coefficient (Wildman–Crippen LogP) is 0.711. The van der Waals surface area contributed by atoms with Crippen LogP contribution in [0, 0.1) is 0 Å². The number of hydrogen-bond donors (Lipinski definition) is 1. The summed E-state index contributed by atoms with van der Waals surface area (Å²) in [6.07, 6.45) is 0.460. The number of aromatic nitrogens is 4. The van der Waals surface area contributed by atoms with Crippen LogP contribution >= 0.6 is 23.4 Å². The molecule has 1 atom stereocenters. The first kappa shape index (κ1) is 17.2. The topological polar surface area (TPSA) is 107 Å². The highest BCUT2D eigenvalue weighted by molar-refractivity contribution is 7.99. The quantitative estimate of drug-likeness (QED) is 0.753. The molecule has 8 nitrogen and oxygen atoms in total. The van der Waals surface area contributed by atoms with E-state index in [0.29, 0.717) is 16.6 Å². The summed E-state index contributed by atoms with van der Waals surface area (Å²) in [5.74, 6) is -0.0103. The number of sulfone groups is 1. The number of thioether (sulfide) groups is 1. The van der Waals surface area contributed by atoms with Crippen LogP contribution in [0.3, 0.4) is 0 Å². The standard InChI is InChI=1S/C13H14ClN5O3S2/c14-9-1-3-11(4-2-9)19-13(16-17-18-19)23-7-12(20)15-10-5-6-24(21,22)8-10/h1-4,10H,5-8H2,(H,15,20)/t10-/m1/s1. The van der Waals surface area contributed by atoms with Crippen LogP contribution in [0.15, 0.2) is 29.4 Å². The second kappa shape index (κ2) is 7.08. The van der Waals surface area contributed by atoms with E-state index in [9.17, 15) is 13.2 Å². The Kier molecular flexibility index (Phi) is 5.07. The average Bonchev–Trinajstić information content (AvgIpc) is 3.12. The maximum absolute atomic E-state index is 12.0. The smallest absolute Gasteiger partial charge is 0.230 e. The number of amides is 1. The number of carbonyl (C=O) groups excluding carboxylic acids is 1. The lowest BCUT2D eigenvalue weighted by molar-refractivity contribution is -0.119. The van der Waals surface area contributed by atoms with Crippen molar-refractivity contribution in [3.63, 3.8) is 0 Å². The first-order chi connectivity index (χ1) is 11.4. The molecule has 0 saturated carbocycles. The summed E-state index contributed by atoms with van der Waals surface area (Å²) in [6, 6.07) is 6.68. The van der Waals surface area contributed by atoms with Crippen molar-refractivity contribution in [3.8, 4) is 5.69 Å². The third kappa shape index (κ3) is 4.25. The van der Waals surface area contributed by atoms with Gasteiger partial charge in [-0.2, -0.15) is 4.68 Å². The summed E-state index contributed by atoms with van der Waals surface area (Å²) >= 11 is 7.03. The normalized spacial score (nSPS) is 19.3. The number of nitrogens with one attached hydrogen (secondary N) is 1. The van der Waals surface area contributed by atoms with E-state index in [0.717, 1.165) is 5.69 Å². The van der Waals surface area contributed by atoms with Crippen LogP contribution in [-0.2, 0) is 14.6 Å². The van der Waals surface area contributed by atoms with Gasteiger partial charge in [0.25, 0.3) is 0 Å². The van der Waals surface area contributed by atoms with E-state index in [1.807, 2.05) is 0 Å². The molecule has 2 heterocycles. The van der Waals surface area contributed by atoms with E-state index in [4.69, 9.17) is 11.6 Å². The van der Waals surface area contributed by atoms with Gasteiger partial charge in [-0.15, -0.1) is 5.10 Å². The summed E-state index contributed by atoms with van der Waals surface area (Å²) in [5, 5.41) is 15.2. The number of tetrazole rings is 1. The summed E-state index contributed by atoms with van der Waals surface area (Å²) in [5.41, 5.74) is 0.731. The van der Waals surface area contributed by atoms with Crippen LogP contribution in [0.5, 0.6) is 0 Å². The molecule has 128 valence electrons. The third-order valence-electron chi connectivity index (χ3n) is 3.44. The minimum atomic E-state index is -3.01. The van der Waals surface area contributed by atoms with Gasteiger partial charge in [-0.25, -0.2) is 8.42 Å². The van der Waals surface area contributed by atoms with Crippen molar-refractivity contribution in [1.82, 2.24) is 25.5 Å². The van der Waals surface area contributed by atoms with Gasteiger partial charge < -0.3 is 5.32 Å². The number of carbonyl (C=O) groups is 1. The van der Waals surface area contributed by atoms with Crippen LogP contribution in [-0.4, -0.2) is 57.8 Å². The molecule has 11 heteroatoms. The highest BCUT2D eigenvalue weighted by Crippen LogP contribution is 2.20. The van der Waals surface area contributed by atoms with Gasteiger partial charge in [0.05, 0.1) is 22.9 Å². The minimum Gasteiger partial charge on any atom is -0.352 e. The predicted molar refractivity (Wildman–Crippen MR) is 90.1 cm³/mol. The van der Waals surface area contributed by atoms with E-state index in [2.05, 4.69) is 20.8 Å². The molecule has 1 aromatic heterocycles. The number of halogens is 1. The van der Waals surface area contributed by atoms with E-state index in [1.165, 1.54) is 16.4 Å². The lowest BCUT2D eigenvalue weighted by Gasteiger charge is -2.10. The van der Waals surface area contributed by atoms with E-state index >= 15 is 0 Å². The number of rotatable bonds is 5. The SMILES string of the molecule is O=C(CSc1nnnn1-c1ccc(Cl)cc1)N[C@@H]1CCS(=O)(=O)C1. The Labute approximate surface area is 147 Å². The molecule has 0 bridgehead atoms. The molecule has 0 radical (unpaired) electrons. The second-order valence-electron chi connectivity index (χ2n) is 5.31. The van der Waals surface area contributed by atoms with Gasteiger partial charge in [0.15, 0.2) is 9.84 Å². The van der Waals surface area contributed by atoms with E-state index < -0.39 is 9.84 Å². The van der Waals surface area contributed by atoms with Crippen molar-refractivity contribution in [2.45, 2.75) is 17.6 Å². The minimum absolute atomic E-state index is 0.00587. The molecule has 1 amide bonds. The molecule has 1 fully saturated rings. The molecule has 24 heavy (non-hydrogen) atoms. The van der Waals surface area contributed by atoms with Gasteiger partial charge in [0, 0.05) is 11.1 Å². The van der Waals surface area contributed by atoms with E-state index in [-0.39, 0.29) is 29.2 Å². The Balaban J connectivity index is 1.58. The van der Waals surface area contributed by atoms with Crippen molar-refractivity contribution in [1.29, 1.82) is 0 Å². The fourth-order valence-corrected chi connectivity index (χ4v) is 4.82. The molecule has 3 rings (SSSR count). The van der Waals surface area contributed by atoms with Gasteiger partial charge in [-0.1, -0.05) is 23.4 Å². The largest absolute Gasteiger partial charge is 0.352 e. The molecule has 1 N–H and O–H groups in total. The van der Waals surface area contributed by atoms with Gasteiger partial charge in [0.2, 0.25) is 11.1 Å². The Bertz CT molecular complexity index is 838. The summed E-state index contributed by atoms with van der Waals surface area (Å²) in [6.45, 7) is 0. The van der Waals surface area contributed by atoms with Crippen LogP contribution in [0.2, 0.25) is 5.02 Å². The van der Waals surface area contributed by atoms with Crippen LogP contribution in [0.4, 0.5) is 0 Å². The molecule has 1 aliphatic heterocycles. The summed E-state index contributed by atoms with van der Waals surface area (Å²) in [7, 11) is -3.01. The lowest BCUT2D eigenvalue weighted by atomic mass is 10.3. The van der Waals surface area contributed by atoms with Crippen molar-refractivity contribution >= 4 is 39.1 Å². The highest BCUT2D eigenvalue weighted by Gasteiger charge is 2.28. The molecule has 0 unspecified atom stereocenters. The Morgan fingerprint density at radius 2 is 2.12 bits per heavy atom. The zero-order chi connectivity index (χ0) is 17.2. The molecule has 1 saturated heterocycles. The summed E-state index contributed by atoms with van der Waals surface area (Å²) < 4.78 is 24.3. The molecule has 2 aromatic rings. The fraction of sp³-hybridized carbons (Fsp3) is 0.385. The van der Waals surface area contributed by atoms with Crippen molar-refractivity contribution in [3.05, 3.63) is 29.3 Å². The van der Waals surface area contributed by atoms with Crippen LogP contribution < -0.4 is 5.32 Å². The zero-order valence-electron chi connectivity index (χ0n) is 12.4. The van der Waals surface area contributed by atoms with Crippen molar-refractivity contribution in [2.24, 2.45) is 0 Å². The maximum atomic E-state index is 12.0. The zero-order valence-corrected chi connectivity index (χ0v) is 14.8. The van der Waals surface area contributed by atoms with Crippen molar-refractivity contribution < 1.29 is 13.2 Å². The Hall–Kier alpha value is -1.65. The monoisotopic (exact) mass is 387 g/mol. The first-order valence-electron chi connectivity index (χ1n) is 7.10. The van der Waals surface area contributed by atoms with Crippen molar-refractivity contribution in [2.75, 3.05) is 17.3 Å². The molecule has 1 aliphatic rings. The lowest BCUT2D eigenvalue weighted by Crippen LogP contribution is -2.36. The third-order valence-corrected chi connectivity index (χ3v) is 6.38. The number of nitrogens with zero attached hydrogens (tertiary/aromatic N) is 4. The fourth-order valence-electron chi connectivity index (χ4n) is 2.32. The average molecular weight is 388 g/mol. The molecular weight excluding hydrogens is 374 g/mol. The van der Waals surface area contributed by atoms with Gasteiger partial charge in [-0.3, -0.25) is 4.79 Å². The highest BCUT2D eigenvalue weighted by atomic mass is 35.5. The molecule has 0 aliphatic carbocycles. The summed E-state index contributed by atoms with van der Waals surface area (Å²) in [4.78, 5) is 12.0. The van der Waals surface area contributed by atoms with E-state index in [1.54, 1.807) is 24.3 Å². The molecule has 0 spiro atoms. The second-order valence-corrected chi connectivity index (χ2v) is 8.91. The Morgan fingerprint density at radius 1 is 1.38 bits per heavy atom. The number of benzene rings is 1. The van der Waals surface area contributed by atoms with Gasteiger partial charge in [0.1, 0.15) is 0 Å². The molecular formula is C13H14ClN5O3S2. The number of hydrogen-bond acceptors (Lipinski definition) is 7. The maximum Gasteiger partial charge on any atom is 0.230 e. The van der Waals surface area contributed by atoms with Gasteiger partial charge in [-0.05, 0) is 41.1 Å². The first-order valence-corrected chi connectivity index (χ1v) is 10.3. The van der Waals surface area contributed by atoms with Crippen LogP contribution in [0.1, 0.15) is 6.42 Å². The van der Waals surface area contributed by atoms with Gasteiger partial charge >= 0.3 is 0 Å².